The van der Waals surface area contributed by atoms with Crippen molar-refractivity contribution < 1.29 is 4.79 Å². The number of fused-ring (bicyclic) bond motifs is 2. The Balaban J connectivity index is 1.72. The molecular weight excluding hydrogens is 330 g/mol. The van der Waals surface area contributed by atoms with E-state index in [1.165, 1.54) is 12.0 Å². The fourth-order valence-electron chi connectivity index (χ4n) is 3.27. The van der Waals surface area contributed by atoms with Gasteiger partial charge in [0.25, 0.3) is 5.91 Å². The second-order valence-corrected chi connectivity index (χ2v) is 6.42. The zero-order valence-corrected chi connectivity index (χ0v) is 13.3. The number of aromatic nitrogens is 2. The van der Waals surface area contributed by atoms with Gasteiger partial charge in [-0.15, -0.1) is 0 Å². The normalized spacial score (nSPS) is 16.7. The molecule has 1 aromatic heterocycles. The molecule has 1 aromatic carbocycles. The zero-order valence-electron chi connectivity index (χ0n) is 11.7. The van der Waals surface area contributed by atoms with Gasteiger partial charge in [-0.3, -0.25) is 9.48 Å². The third-order valence-electron chi connectivity index (χ3n) is 4.36. The number of halogens is 1. The zero-order chi connectivity index (χ0) is 14.4. The average Bonchev–Trinajstić information content (AvgIpc) is 3.09. The average molecular weight is 346 g/mol. The van der Waals surface area contributed by atoms with Crippen molar-refractivity contribution >= 4 is 27.5 Å². The van der Waals surface area contributed by atoms with E-state index in [0.29, 0.717) is 5.69 Å². The van der Waals surface area contributed by atoms with Crippen molar-refractivity contribution in [1.82, 2.24) is 9.78 Å². The molecule has 0 saturated carbocycles. The third kappa shape index (κ3) is 2.02. The van der Waals surface area contributed by atoms with Crippen molar-refractivity contribution in [3.8, 4) is 0 Å². The first-order valence-electron chi connectivity index (χ1n) is 7.40. The SMILES string of the molecule is O=C(c1nn2c(c1Br)CCCC2)N1CCc2ccccc21. The molecular formula is C16H16BrN3O. The molecule has 0 saturated heterocycles. The van der Waals surface area contributed by atoms with E-state index in [4.69, 9.17) is 0 Å². The van der Waals surface area contributed by atoms with Gasteiger partial charge in [0.2, 0.25) is 0 Å². The number of rotatable bonds is 1. The molecule has 0 bridgehead atoms. The quantitative estimate of drug-likeness (QED) is 0.795. The number of amides is 1. The standard InChI is InChI=1S/C16H16BrN3O/c17-14-13-7-3-4-9-20(13)18-15(14)16(21)19-10-8-11-5-1-2-6-12(11)19/h1-2,5-6H,3-4,7-10H2. The molecule has 0 fully saturated rings. The van der Waals surface area contributed by atoms with E-state index in [9.17, 15) is 4.79 Å². The lowest BCUT2D eigenvalue weighted by atomic mass is 10.1. The van der Waals surface area contributed by atoms with Gasteiger partial charge in [0.05, 0.1) is 10.2 Å². The summed E-state index contributed by atoms with van der Waals surface area (Å²) in [4.78, 5) is 14.7. The first kappa shape index (κ1) is 13.1. The number of hydrogen-bond acceptors (Lipinski definition) is 2. The van der Waals surface area contributed by atoms with E-state index in [1.54, 1.807) is 0 Å². The minimum absolute atomic E-state index is 0.00808. The largest absolute Gasteiger partial charge is 0.306 e. The lowest BCUT2D eigenvalue weighted by molar-refractivity contribution is 0.0983. The van der Waals surface area contributed by atoms with Crippen LogP contribution < -0.4 is 4.90 Å². The highest BCUT2D eigenvalue weighted by Crippen LogP contribution is 2.32. The van der Waals surface area contributed by atoms with Gasteiger partial charge in [0.15, 0.2) is 5.69 Å². The summed E-state index contributed by atoms with van der Waals surface area (Å²) in [5.74, 6) is 0.00808. The van der Waals surface area contributed by atoms with Crippen LogP contribution in [0.25, 0.3) is 0 Å². The summed E-state index contributed by atoms with van der Waals surface area (Å²) < 4.78 is 2.87. The third-order valence-corrected chi connectivity index (χ3v) is 5.20. The molecule has 0 unspecified atom stereocenters. The van der Waals surface area contributed by atoms with E-state index in [1.807, 2.05) is 27.8 Å². The van der Waals surface area contributed by atoms with Crippen molar-refractivity contribution in [2.24, 2.45) is 0 Å². The van der Waals surface area contributed by atoms with E-state index in [-0.39, 0.29) is 5.91 Å². The monoisotopic (exact) mass is 345 g/mol. The van der Waals surface area contributed by atoms with E-state index in [0.717, 1.165) is 48.2 Å². The Labute approximate surface area is 131 Å². The molecule has 2 aliphatic rings. The molecule has 0 atom stereocenters. The van der Waals surface area contributed by atoms with Crippen LogP contribution in [0.4, 0.5) is 5.69 Å². The number of anilines is 1. The Morgan fingerprint density at radius 1 is 1.14 bits per heavy atom. The predicted octanol–water partition coefficient (Wildman–Crippen LogP) is 3.18. The fraction of sp³-hybridized carbons (Fsp3) is 0.375. The molecule has 0 spiro atoms. The van der Waals surface area contributed by atoms with Crippen LogP contribution in [0.2, 0.25) is 0 Å². The van der Waals surface area contributed by atoms with Gasteiger partial charge in [-0.1, -0.05) is 18.2 Å². The summed E-state index contributed by atoms with van der Waals surface area (Å²) in [5, 5.41) is 4.55. The second-order valence-electron chi connectivity index (χ2n) is 5.63. The van der Waals surface area contributed by atoms with Crippen LogP contribution in [-0.2, 0) is 19.4 Å². The Bertz CT molecular complexity index is 722. The minimum Gasteiger partial charge on any atom is -0.306 e. The van der Waals surface area contributed by atoms with Gasteiger partial charge >= 0.3 is 0 Å². The van der Waals surface area contributed by atoms with Gasteiger partial charge in [-0.2, -0.15) is 5.10 Å². The summed E-state index contributed by atoms with van der Waals surface area (Å²) >= 11 is 3.59. The number of carbonyl (C=O) groups excluding carboxylic acids is 1. The molecule has 2 aliphatic heterocycles. The van der Waals surface area contributed by atoms with Crippen LogP contribution in [0.15, 0.2) is 28.7 Å². The molecule has 3 heterocycles. The van der Waals surface area contributed by atoms with Crippen LogP contribution in [0.5, 0.6) is 0 Å². The van der Waals surface area contributed by atoms with Crippen molar-refractivity contribution in [3.63, 3.8) is 0 Å². The van der Waals surface area contributed by atoms with Gasteiger partial charge < -0.3 is 4.90 Å². The van der Waals surface area contributed by atoms with Crippen molar-refractivity contribution in [3.05, 3.63) is 45.7 Å². The molecule has 0 N–H and O–H groups in total. The number of aryl methyl sites for hydroxylation is 1. The summed E-state index contributed by atoms with van der Waals surface area (Å²) in [5.41, 5.74) is 3.99. The van der Waals surface area contributed by atoms with Crippen molar-refractivity contribution in [2.45, 2.75) is 32.2 Å². The van der Waals surface area contributed by atoms with Crippen molar-refractivity contribution in [1.29, 1.82) is 0 Å². The molecule has 1 amide bonds. The second kappa shape index (κ2) is 4.98. The van der Waals surface area contributed by atoms with E-state index >= 15 is 0 Å². The van der Waals surface area contributed by atoms with Gasteiger partial charge in [0.1, 0.15) is 0 Å². The number of hydrogen-bond donors (Lipinski definition) is 0. The van der Waals surface area contributed by atoms with Crippen LogP contribution in [0, 0.1) is 0 Å². The summed E-state index contributed by atoms with van der Waals surface area (Å²) in [6.45, 7) is 1.66. The molecule has 4 rings (SSSR count). The number of carbonyl (C=O) groups is 1. The summed E-state index contributed by atoms with van der Waals surface area (Å²) in [6.07, 6.45) is 4.23. The number of para-hydroxylation sites is 1. The van der Waals surface area contributed by atoms with Gasteiger partial charge in [-0.25, -0.2) is 0 Å². The number of nitrogens with zero attached hydrogens (tertiary/aromatic N) is 3. The Kier molecular flexibility index (Phi) is 3.10. The van der Waals surface area contributed by atoms with Crippen molar-refractivity contribution in [2.75, 3.05) is 11.4 Å². The highest BCUT2D eigenvalue weighted by Gasteiger charge is 2.30. The predicted molar refractivity (Wildman–Crippen MR) is 84.7 cm³/mol. The first-order valence-corrected chi connectivity index (χ1v) is 8.20. The first-order chi connectivity index (χ1) is 10.3. The maximum absolute atomic E-state index is 12.9. The van der Waals surface area contributed by atoms with Crippen LogP contribution >= 0.6 is 15.9 Å². The summed E-state index contributed by atoms with van der Waals surface area (Å²) in [7, 11) is 0. The molecule has 2 aromatic rings. The van der Waals surface area contributed by atoms with E-state index in [2.05, 4.69) is 27.1 Å². The van der Waals surface area contributed by atoms with Crippen LogP contribution in [0.1, 0.15) is 34.6 Å². The maximum Gasteiger partial charge on any atom is 0.279 e. The molecule has 108 valence electrons. The number of benzene rings is 1. The van der Waals surface area contributed by atoms with Crippen LogP contribution in [0.3, 0.4) is 0 Å². The van der Waals surface area contributed by atoms with Crippen LogP contribution in [-0.4, -0.2) is 22.2 Å². The Morgan fingerprint density at radius 3 is 2.86 bits per heavy atom. The van der Waals surface area contributed by atoms with E-state index < -0.39 is 0 Å². The highest BCUT2D eigenvalue weighted by atomic mass is 79.9. The smallest absolute Gasteiger partial charge is 0.279 e. The molecule has 4 nitrogen and oxygen atoms in total. The van der Waals surface area contributed by atoms with Gasteiger partial charge in [0, 0.05) is 18.8 Å². The Hall–Kier alpha value is -1.62. The van der Waals surface area contributed by atoms with Gasteiger partial charge in [-0.05, 0) is 53.2 Å². The maximum atomic E-state index is 12.9. The summed E-state index contributed by atoms with van der Waals surface area (Å²) in [6, 6.07) is 8.12. The molecule has 21 heavy (non-hydrogen) atoms. The fourth-order valence-corrected chi connectivity index (χ4v) is 3.92. The highest BCUT2D eigenvalue weighted by molar-refractivity contribution is 9.10. The molecule has 0 radical (unpaired) electrons. The Morgan fingerprint density at radius 2 is 2.00 bits per heavy atom. The lowest BCUT2D eigenvalue weighted by Gasteiger charge is -2.16. The lowest BCUT2D eigenvalue weighted by Crippen LogP contribution is -2.29. The minimum atomic E-state index is 0.00808. The molecule has 0 aliphatic carbocycles. The molecule has 5 heteroatoms. The topological polar surface area (TPSA) is 38.1 Å².